The van der Waals surface area contributed by atoms with E-state index in [1.807, 2.05) is 22.6 Å². The maximum Gasteiger partial charge on any atom is 0.435 e. The third-order valence-electron chi connectivity index (χ3n) is 3.98. The summed E-state index contributed by atoms with van der Waals surface area (Å²) >= 11 is 8.00. The largest absolute Gasteiger partial charge is 0.435 e. The zero-order valence-electron chi connectivity index (χ0n) is 15.1. The molecule has 0 bridgehead atoms. The van der Waals surface area contributed by atoms with Crippen LogP contribution in [0.1, 0.15) is 32.1 Å². The molecule has 7 nitrogen and oxygen atoms in total. The van der Waals surface area contributed by atoms with E-state index >= 15 is 0 Å². The smallest absolute Gasteiger partial charge is 0.366 e. The highest BCUT2D eigenvalue weighted by Crippen LogP contribution is 2.31. The number of amides is 2. The minimum atomic E-state index is -4.81. The van der Waals surface area contributed by atoms with E-state index < -0.39 is 29.4 Å². The Morgan fingerprint density at radius 3 is 2.57 bits per heavy atom. The van der Waals surface area contributed by atoms with Crippen molar-refractivity contribution in [3.05, 3.63) is 67.6 Å². The number of carbonyl (C=O) groups excluding carboxylic acids is 2. The molecule has 2 heterocycles. The van der Waals surface area contributed by atoms with Gasteiger partial charge in [-0.3, -0.25) is 9.59 Å². The highest BCUT2D eigenvalue weighted by Gasteiger charge is 2.36. The number of benzene rings is 1. The molecule has 12 heteroatoms. The van der Waals surface area contributed by atoms with Gasteiger partial charge in [0.2, 0.25) is 0 Å². The van der Waals surface area contributed by atoms with Crippen LogP contribution in [0.4, 0.5) is 18.9 Å². The van der Waals surface area contributed by atoms with E-state index in [2.05, 4.69) is 15.4 Å². The van der Waals surface area contributed by atoms with Gasteiger partial charge >= 0.3 is 6.18 Å². The fraction of sp³-hybridized carbons (Fsp3) is 0.111. The van der Waals surface area contributed by atoms with Gasteiger partial charge in [0.05, 0.1) is 16.3 Å². The van der Waals surface area contributed by atoms with Gasteiger partial charge in [0.15, 0.2) is 11.5 Å². The second-order valence-corrected chi connectivity index (χ2v) is 7.75. The molecule has 30 heavy (non-hydrogen) atoms. The maximum absolute atomic E-state index is 13.2. The van der Waals surface area contributed by atoms with Crippen LogP contribution in [0.2, 0.25) is 5.02 Å². The van der Waals surface area contributed by atoms with Gasteiger partial charge in [-0.05, 0) is 59.3 Å². The number of aromatic nitrogens is 3. The summed E-state index contributed by atoms with van der Waals surface area (Å²) in [5.41, 5.74) is 4.21. The number of nitrogens with one attached hydrogen (secondary N) is 1. The van der Waals surface area contributed by atoms with Gasteiger partial charge in [0.25, 0.3) is 11.8 Å². The van der Waals surface area contributed by atoms with Crippen LogP contribution in [0.25, 0.3) is 5.82 Å². The Morgan fingerprint density at radius 1 is 1.27 bits per heavy atom. The molecule has 3 rings (SSSR count). The van der Waals surface area contributed by atoms with Gasteiger partial charge in [0.1, 0.15) is 5.69 Å². The van der Waals surface area contributed by atoms with Crippen molar-refractivity contribution >= 4 is 51.7 Å². The van der Waals surface area contributed by atoms with Gasteiger partial charge in [-0.25, -0.2) is 9.67 Å². The second-order valence-electron chi connectivity index (χ2n) is 6.10. The molecule has 2 amide bonds. The Hall–Kier alpha value is -2.67. The van der Waals surface area contributed by atoms with E-state index in [1.165, 1.54) is 24.4 Å². The number of aryl methyl sites for hydroxylation is 1. The van der Waals surface area contributed by atoms with Crippen molar-refractivity contribution in [1.82, 2.24) is 14.8 Å². The summed E-state index contributed by atoms with van der Waals surface area (Å²) in [7, 11) is 0. The SMILES string of the molecule is Cc1cc(I)cc(C(N)=O)c1NC(=O)c1cc(C(F)(F)F)nn1-c1ncccc1Cl. The van der Waals surface area contributed by atoms with Crippen LogP contribution < -0.4 is 11.1 Å². The van der Waals surface area contributed by atoms with Crippen LogP contribution in [0.3, 0.4) is 0 Å². The lowest BCUT2D eigenvalue weighted by atomic mass is 10.1. The summed E-state index contributed by atoms with van der Waals surface area (Å²) in [4.78, 5) is 28.6. The summed E-state index contributed by atoms with van der Waals surface area (Å²) in [6.45, 7) is 1.62. The molecule has 0 radical (unpaired) electrons. The molecule has 3 N–H and O–H groups in total. The zero-order valence-corrected chi connectivity index (χ0v) is 18.0. The molecule has 0 unspecified atom stereocenters. The number of hydrogen-bond donors (Lipinski definition) is 2. The monoisotopic (exact) mass is 549 g/mol. The predicted molar refractivity (Wildman–Crippen MR) is 112 cm³/mol. The van der Waals surface area contributed by atoms with Crippen LogP contribution in [0, 0.1) is 10.5 Å². The number of carbonyl (C=O) groups is 2. The quantitative estimate of drug-likeness (QED) is 0.476. The molecule has 0 fully saturated rings. The molecule has 1 aromatic carbocycles. The van der Waals surface area contributed by atoms with Gasteiger partial charge in [-0.1, -0.05) is 11.6 Å². The molecule has 0 saturated carbocycles. The third kappa shape index (κ3) is 4.41. The molecular weight excluding hydrogens is 538 g/mol. The first-order valence-electron chi connectivity index (χ1n) is 8.18. The molecular formula is C18H12ClF3IN5O2. The number of hydrogen-bond acceptors (Lipinski definition) is 4. The molecule has 0 saturated heterocycles. The first-order chi connectivity index (χ1) is 14.0. The molecule has 2 aromatic heterocycles. The maximum atomic E-state index is 13.2. The van der Waals surface area contributed by atoms with Gasteiger partial charge < -0.3 is 11.1 Å². The van der Waals surface area contributed by atoms with Crippen molar-refractivity contribution in [2.45, 2.75) is 13.1 Å². The molecule has 156 valence electrons. The minimum Gasteiger partial charge on any atom is -0.366 e. The van der Waals surface area contributed by atoms with Crippen LogP contribution >= 0.6 is 34.2 Å². The van der Waals surface area contributed by atoms with Crippen LogP contribution in [0.15, 0.2) is 36.5 Å². The van der Waals surface area contributed by atoms with E-state index in [0.717, 1.165) is 0 Å². The topological polar surface area (TPSA) is 103 Å². The average Bonchev–Trinajstić information content (AvgIpc) is 3.09. The van der Waals surface area contributed by atoms with Crippen LogP contribution in [-0.2, 0) is 6.18 Å². The Morgan fingerprint density at radius 2 is 1.97 bits per heavy atom. The van der Waals surface area contributed by atoms with E-state index in [4.69, 9.17) is 17.3 Å². The number of halogens is 5. The van der Waals surface area contributed by atoms with Crippen molar-refractivity contribution in [2.24, 2.45) is 5.73 Å². The Labute approximate surface area is 186 Å². The van der Waals surface area contributed by atoms with E-state index in [1.54, 1.807) is 13.0 Å². The van der Waals surface area contributed by atoms with Gasteiger partial charge in [0, 0.05) is 15.8 Å². The summed E-state index contributed by atoms with van der Waals surface area (Å²) in [5, 5.41) is 5.91. The molecule has 3 aromatic rings. The molecule has 0 spiro atoms. The van der Waals surface area contributed by atoms with Crippen molar-refractivity contribution in [2.75, 3.05) is 5.32 Å². The van der Waals surface area contributed by atoms with Crippen molar-refractivity contribution in [3.63, 3.8) is 0 Å². The van der Waals surface area contributed by atoms with Crippen molar-refractivity contribution in [3.8, 4) is 5.82 Å². The van der Waals surface area contributed by atoms with E-state index in [0.29, 0.717) is 19.9 Å². The van der Waals surface area contributed by atoms with E-state index in [-0.39, 0.29) is 22.1 Å². The van der Waals surface area contributed by atoms with Crippen LogP contribution in [-0.4, -0.2) is 26.6 Å². The minimum absolute atomic E-state index is 0.00774. The number of pyridine rings is 1. The highest BCUT2D eigenvalue weighted by molar-refractivity contribution is 14.1. The Balaban J connectivity index is 2.13. The predicted octanol–water partition coefficient (Wildman–Crippen LogP) is 4.20. The lowest BCUT2D eigenvalue weighted by Gasteiger charge is -2.14. The standard InChI is InChI=1S/C18H12ClF3IN5O2/c1-8-5-9(23)6-10(15(24)29)14(8)26-17(30)12-7-13(18(20,21)22)27-28(12)16-11(19)3-2-4-25-16/h2-7H,1H3,(H2,24,29)(H,26,30). The molecule has 0 aliphatic carbocycles. The number of anilines is 1. The number of rotatable bonds is 4. The van der Waals surface area contributed by atoms with Crippen molar-refractivity contribution in [1.29, 1.82) is 0 Å². The number of alkyl halides is 3. The average molecular weight is 550 g/mol. The highest BCUT2D eigenvalue weighted by atomic mass is 127. The molecule has 0 atom stereocenters. The fourth-order valence-electron chi connectivity index (χ4n) is 2.66. The Kier molecular flexibility index (Phi) is 6.04. The lowest BCUT2D eigenvalue weighted by Crippen LogP contribution is -2.22. The molecule has 0 aliphatic rings. The van der Waals surface area contributed by atoms with Gasteiger partial charge in [-0.2, -0.15) is 18.3 Å². The Bertz CT molecular complexity index is 1160. The summed E-state index contributed by atoms with van der Waals surface area (Å²) in [6, 6.07) is 6.59. The first-order valence-corrected chi connectivity index (χ1v) is 9.64. The zero-order chi connectivity index (χ0) is 22.2. The number of nitrogens with two attached hydrogens (primary N) is 1. The summed E-state index contributed by atoms with van der Waals surface area (Å²) in [5.74, 6) is -1.91. The lowest BCUT2D eigenvalue weighted by molar-refractivity contribution is -0.141. The van der Waals surface area contributed by atoms with Crippen molar-refractivity contribution < 1.29 is 22.8 Å². The second kappa shape index (κ2) is 8.22. The molecule has 0 aliphatic heterocycles. The fourth-order valence-corrected chi connectivity index (χ4v) is 3.64. The van der Waals surface area contributed by atoms with Gasteiger partial charge in [-0.15, -0.1) is 0 Å². The summed E-state index contributed by atoms with van der Waals surface area (Å²) in [6.07, 6.45) is -3.51. The van der Waals surface area contributed by atoms with E-state index in [9.17, 15) is 22.8 Å². The number of nitrogens with zero attached hydrogens (tertiary/aromatic N) is 3. The van der Waals surface area contributed by atoms with Crippen LogP contribution in [0.5, 0.6) is 0 Å². The summed E-state index contributed by atoms with van der Waals surface area (Å²) < 4.78 is 41.1. The normalized spacial score (nSPS) is 11.4. The third-order valence-corrected chi connectivity index (χ3v) is 4.89. The first kappa shape index (κ1) is 22.0. The number of primary amides is 1.